The number of nitrogens with one attached hydrogen (secondary N) is 1. The van der Waals surface area contributed by atoms with E-state index in [1.165, 1.54) is 7.11 Å². The van der Waals surface area contributed by atoms with Gasteiger partial charge in [-0.3, -0.25) is 24.2 Å². The van der Waals surface area contributed by atoms with Crippen molar-refractivity contribution in [1.29, 1.82) is 0 Å². The molecule has 0 spiro atoms. The average Bonchev–Trinajstić information content (AvgIpc) is 3.31. The van der Waals surface area contributed by atoms with Crippen molar-refractivity contribution in [2.75, 3.05) is 25.6 Å². The molecule has 2 heterocycles. The molecule has 208 valence electrons. The summed E-state index contributed by atoms with van der Waals surface area (Å²) >= 11 is 0. The predicted molar refractivity (Wildman–Crippen MR) is 150 cm³/mol. The van der Waals surface area contributed by atoms with E-state index in [2.05, 4.69) is 10.3 Å². The molecule has 0 saturated carbocycles. The molecular formula is C31H27N3O7. The molecule has 1 saturated heterocycles. The summed E-state index contributed by atoms with van der Waals surface area (Å²) in [4.78, 5) is 58.0. The lowest BCUT2D eigenvalue weighted by atomic mass is 9.83. The first-order valence-corrected chi connectivity index (χ1v) is 13.3. The van der Waals surface area contributed by atoms with Gasteiger partial charge in [-0.05, 0) is 18.6 Å². The lowest BCUT2D eigenvalue weighted by Gasteiger charge is -2.20. The summed E-state index contributed by atoms with van der Waals surface area (Å²) in [5, 5.41) is 12.7. The number of hydrogen-bond donors (Lipinski definition) is 2. The summed E-state index contributed by atoms with van der Waals surface area (Å²) in [5.74, 6) is -0.367. The first-order valence-electron chi connectivity index (χ1n) is 13.3. The average molecular weight is 554 g/mol. The maximum atomic E-state index is 13.2. The number of amides is 2. The van der Waals surface area contributed by atoms with Gasteiger partial charge < -0.3 is 24.8 Å². The maximum absolute atomic E-state index is 13.2. The Kier molecular flexibility index (Phi) is 6.84. The zero-order chi connectivity index (χ0) is 28.7. The van der Waals surface area contributed by atoms with E-state index >= 15 is 0 Å². The summed E-state index contributed by atoms with van der Waals surface area (Å²) in [5.41, 5.74) is 2.24. The Hall–Kier alpha value is -4.83. The lowest BCUT2D eigenvalue weighted by molar-refractivity contribution is -0.116. The molecule has 2 aliphatic heterocycles. The molecule has 1 fully saturated rings. The highest BCUT2D eigenvalue weighted by molar-refractivity contribution is 6.30. The van der Waals surface area contributed by atoms with Crippen LogP contribution in [0.3, 0.4) is 0 Å². The molecular weight excluding hydrogens is 526 g/mol. The van der Waals surface area contributed by atoms with Crippen molar-refractivity contribution in [3.05, 3.63) is 82.4 Å². The second kappa shape index (κ2) is 10.6. The minimum absolute atomic E-state index is 0.102. The normalized spacial score (nSPS) is 18.7. The number of anilines is 1. The number of aliphatic imine (C=N–C) groups is 1. The number of rotatable bonds is 7. The number of carbonyl (C=O) groups excluding carboxylic acids is 4. The van der Waals surface area contributed by atoms with Gasteiger partial charge in [-0.2, -0.15) is 0 Å². The van der Waals surface area contributed by atoms with Crippen molar-refractivity contribution >= 4 is 41.0 Å². The second-order valence-electron chi connectivity index (χ2n) is 10.1. The number of ketones is 2. The van der Waals surface area contributed by atoms with Crippen LogP contribution in [0.15, 0.2) is 59.6 Å². The number of carbonyl (C=O) groups is 4. The Bertz CT molecular complexity index is 1630. The van der Waals surface area contributed by atoms with Crippen LogP contribution < -0.4 is 14.8 Å². The zero-order valence-electron chi connectivity index (χ0n) is 22.3. The largest absolute Gasteiger partial charge is 0.493 e. The highest BCUT2D eigenvalue weighted by atomic mass is 16.5. The molecule has 0 aromatic heterocycles. The summed E-state index contributed by atoms with van der Waals surface area (Å²) in [6, 6.07) is 14.4. The van der Waals surface area contributed by atoms with Gasteiger partial charge in [-0.25, -0.2) is 0 Å². The van der Waals surface area contributed by atoms with Crippen molar-refractivity contribution < 1.29 is 33.8 Å². The molecule has 0 bridgehead atoms. The minimum atomic E-state index is -0.578. The van der Waals surface area contributed by atoms with E-state index in [4.69, 9.17) is 9.47 Å². The Morgan fingerprint density at radius 2 is 1.76 bits per heavy atom. The summed E-state index contributed by atoms with van der Waals surface area (Å²) < 4.78 is 11.4. The Morgan fingerprint density at radius 3 is 2.54 bits per heavy atom. The van der Waals surface area contributed by atoms with Crippen LogP contribution in [0, 0.1) is 0 Å². The van der Waals surface area contributed by atoms with Crippen molar-refractivity contribution in [3.63, 3.8) is 0 Å². The van der Waals surface area contributed by atoms with Gasteiger partial charge in [0.1, 0.15) is 0 Å². The summed E-state index contributed by atoms with van der Waals surface area (Å²) in [6.07, 6.45) is 1.98. The topological polar surface area (TPSA) is 135 Å². The third-order valence-electron chi connectivity index (χ3n) is 7.51. The first kappa shape index (κ1) is 26.4. The zero-order valence-corrected chi connectivity index (χ0v) is 22.3. The molecule has 0 radical (unpaired) electrons. The molecule has 41 heavy (non-hydrogen) atoms. The van der Waals surface area contributed by atoms with Crippen LogP contribution in [-0.4, -0.2) is 72.0 Å². The fourth-order valence-electron chi connectivity index (χ4n) is 5.52. The number of benzene rings is 3. The molecule has 3 aromatic rings. The summed E-state index contributed by atoms with van der Waals surface area (Å²) in [7, 11) is 1.47. The fraction of sp³-hybridized carbons (Fsp3) is 0.258. The summed E-state index contributed by atoms with van der Waals surface area (Å²) in [6.45, 7) is 0.431. The number of nitrogens with zero attached hydrogens (tertiary/aromatic N) is 2. The predicted octanol–water partition coefficient (Wildman–Crippen LogP) is 3.56. The SMILES string of the molecule is COc1cc2c(cc1OCCCC(=O)Nc1cccc3c1C(=O)c1ccccc1C3=O)N=CC1CC(O)CN1C2=O. The van der Waals surface area contributed by atoms with Crippen molar-refractivity contribution in [2.24, 2.45) is 4.99 Å². The molecule has 2 N–H and O–H groups in total. The van der Waals surface area contributed by atoms with Crippen LogP contribution in [0.2, 0.25) is 0 Å². The highest BCUT2D eigenvalue weighted by Crippen LogP contribution is 2.38. The van der Waals surface area contributed by atoms with Crippen molar-refractivity contribution in [2.45, 2.75) is 31.4 Å². The molecule has 1 aliphatic carbocycles. The molecule has 6 rings (SSSR count). The molecule has 2 unspecified atom stereocenters. The number of fused-ring (bicyclic) bond motifs is 4. The van der Waals surface area contributed by atoms with Gasteiger partial charge in [-0.1, -0.05) is 36.4 Å². The van der Waals surface area contributed by atoms with Crippen LogP contribution in [0.5, 0.6) is 11.5 Å². The lowest BCUT2D eigenvalue weighted by Crippen LogP contribution is -2.35. The minimum Gasteiger partial charge on any atom is -0.493 e. The van der Waals surface area contributed by atoms with Gasteiger partial charge >= 0.3 is 0 Å². The number of aliphatic hydroxyl groups is 1. The van der Waals surface area contributed by atoms with E-state index in [0.717, 1.165) is 0 Å². The van der Waals surface area contributed by atoms with Crippen LogP contribution in [0.1, 0.15) is 61.5 Å². The van der Waals surface area contributed by atoms with Crippen LogP contribution in [0.4, 0.5) is 11.4 Å². The molecule has 10 heteroatoms. The van der Waals surface area contributed by atoms with E-state index in [-0.39, 0.29) is 60.1 Å². The first-order chi connectivity index (χ1) is 19.9. The van der Waals surface area contributed by atoms with Gasteiger partial charge in [0.05, 0.1) is 48.4 Å². The number of aliphatic hydroxyl groups excluding tert-OH is 1. The van der Waals surface area contributed by atoms with Crippen LogP contribution in [-0.2, 0) is 4.79 Å². The fourth-order valence-corrected chi connectivity index (χ4v) is 5.52. The van der Waals surface area contributed by atoms with Gasteiger partial charge in [0.25, 0.3) is 5.91 Å². The van der Waals surface area contributed by atoms with Crippen molar-refractivity contribution in [1.82, 2.24) is 4.90 Å². The van der Waals surface area contributed by atoms with Gasteiger partial charge in [0, 0.05) is 48.4 Å². The van der Waals surface area contributed by atoms with E-state index in [1.54, 1.807) is 65.7 Å². The van der Waals surface area contributed by atoms with E-state index in [1.807, 2.05) is 0 Å². The second-order valence-corrected chi connectivity index (χ2v) is 10.1. The Labute approximate surface area is 235 Å². The quantitative estimate of drug-likeness (QED) is 0.334. The third kappa shape index (κ3) is 4.76. The molecule has 2 atom stereocenters. The van der Waals surface area contributed by atoms with E-state index in [0.29, 0.717) is 52.4 Å². The maximum Gasteiger partial charge on any atom is 0.256 e. The van der Waals surface area contributed by atoms with Gasteiger partial charge in [-0.15, -0.1) is 0 Å². The smallest absolute Gasteiger partial charge is 0.256 e. The molecule has 2 amide bonds. The molecule has 10 nitrogen and oxygen atoms in total. The van der Waals surface area contributed by atoms with Gasteiger partial charge in [0.2, 0.25) is 5.91 Å². The standard InChI is InChI=1S/C31H27N3O7/c1-40-25-13-22-24(32-15-17-12-18(35)16-34(17)31(22)39)14-26(25)41-11-5-10-27(36)33-23-9-4-8-21-28(23)30(38)20-7-3-2-6-19(20)29(21)37/h2-4,6-9,13-15,17-18,35H,5,10-12,16H2,1H3,(H,33,36). The molecule has 3 aromatic carbocycles. The Balaban J connectivity index is 1.10. The van der Waals surface area contributed by atoms with E-state index < -0.39 is 6.10 Å². The van der Waals surface area contributed by atoms with Gasteiger partial charge in [0.15, 0.2) is 23.1 Å². The highest BCUT2D eigenvalue weighted by Gasteiger charge is 2.37. The molecule has 3 aliphatic rings. The monoisotopic (exact) mass is 553 g/mol. The Morgan fingerprint density at radius 1 is 1.00 bits per heavy atom. The van der Waals surface area contributed by atoms with Crippen LogP contribution >= 0.6 is 0 Å². The number of hydrogen-bond acceptors (Lipinski definition) is 8. The van der Waals surface area contributed by atoms with Crippen LogP contribution in [0.25, 0.3) is 0 Å². The van der Waals surface area contributed by atoms with Crippen molar-refractivity contribution in [3.8, 4) is 11.5 Å². The number of methoxy groups -OCH3 is 1. The van der Waals surface area contributed by atoms with E-state index in [9.17, 15) is 24.3 Å². The number of ether oxygens (including phenoxy) is 2. The third-order valence-corrected chi connectivity index (χ3v) is 7.51.